The average molecular weight is 523 g/mol. The first-order valence-electron chi connectivity index (χ1n) is 12.6. The Morgan fingerprint density at radius 1 is 1.08 bits per heavy atom. The molecule has 0 saturated carbocycles. The van der Waals surface area contributed by atoms with E-state index in [1.54, 1.807) is 11.3 Å². The number of thiocarbonyl (C=S) groups is 1. The number of thiophene rings is 1. The van der Waals surface area contributed by atoms with Crippen LogP contribution in [0.2, 0.25) is 0 Å². The lowest BCUT2D eigenvalue weighted by atomic mass is 9.72. The molecule has 0 atom stereocenters. The van der Waals surface area contributed by atoms with E-state index in [9.17, 15) is 9.90 Å². The highest BCUT2D eigenvalue weighted by atomic mass is 32.1. The Morgan fingerprint density at radius 3 is 2.14 bits per heavy atom. The maximum atomic E-state index is 12.7. The number of aliphatic hydroxyl groups is 1. The molecule has 0 amide bonds. The van der Waals surface area contributed by atoms with Gasteiger partial charge in [0.05, 0.1) is 12.2 Å². The first kappa shape index (κ1) is 26.3. The SMILES string of the molecule is CCOC(=O)c1c(NC(=S)N2CCC(C(O)(c3ccccc3)c3ccccc3)CC2)sc(C)c1CC. The van der Waals surface area contributed by atoms with Gasteiger partial charge in [-0.25, -0.2) is 4.79 Å². The lowest BCUT2D eigenvalue weighted by Gasteiger charge is -2.43. The van der Waals surface area contributed by atoms with E-state index in [-0.39, 0.29) is 11.9 Å². The van der Waals surface area contributed by atoms with E-state index in [2.05, 4.69) is 10.2 Å². The first-order chi connectivity index (χ1) is 17.4. The molecule has 0 aliphatic carbocycles. The summed E-state index contributed by atoms with van der Waals surface area (Å²) in [4.78, 5) is 15.9. The lowest BCUT2D eigenvalue weighted by Crippen LogP contribution is -2.47. The number of carbonyl (C=O) groups excluding carboxylic acids is 1. The van der Waals surface area contributed by atoms with Gasteiger partial charge in [0.15, 0.2) is 5.11 Å². The zero-order valence-corrected chi connectivity index (χ0v) is 22.8. The second kappa shape index (κ2) is 11.5. The molecule has 7 heteroatoms. The number of ether oxygens (including phenoxy) is 1. The summed E-state index contributed by atoms with van der Waals surface area (Å²) in [5.41, 5.74) is 2.37. The molecule has 190 valence electrons. The number of piperidine rings is 1. The molecule has 2 N–H and O–H groups in total. The van der Waals surface area contributed by atoms with Crippen LogP contribution in [0.15, 0.2) is 60.7 Å². The maximum absolute atomic E-state index is 12.7. The second-order valence-corrected chi connectivity index (χ2v) is 10.7. The van der Waals surface area contributed by atoms with Crippen LogP contribution < -0.4 is 5.32 Å². The fraction of sp³-hybridized carbons (Fsp3) is 0.379. The van der Waals surface area contributed by atoms with Crippen LogP contribution in [-0.2, 0) is 16.8 Å². The van der Waals surface area contributed by atoms with Crippen LogP contribution >= 0.6 is 23.6 Å². The van der Waals surface area contributed by atoms with Crippen molar-refractivity contribution in [3.63, 3.8) is 0 Å². The Kier molecular flexibility index (Phi) is 8.44. The Morgan fingerprint density at radius 2 is 1.64 bits per heavy atom. The van der Waals surface area contributed by atoms with Crippen molar-refractivity contribution in [2.24, 2.45) is 5.92 Å². The number of aryl methyl sites for hydroxylation is 1. The lowest BCUT2D eigenvalue weighted by molar-refractivity contribution is -0.00631. The molecular formula is C29H34N2O3S2. The first-order valence-corrected chi connectivity index (χ1v) is 13.8. The van der Waals surface area contributed by atoms with Crippen molar-refractivity contribution in [2.75, 3.05) is 25.0 Å². The van der Waals surface area contributed by atoms with Gasteiger partial charge in [-0.2, -0.15) is 0 Å². The van der Waals surface area contributed by atoms with Crippen LogP contribution in [0, 0.1) is 12.8 Å². The Balaban J connectivity index is 1.51. The molecule has 0 bridgehead atoms. The molecule has 36 heavy (non-hydrogen) atoms. The van der Waals surface area contributed by atoms with E-state index in [0.717, 1.165) is 58.9 Å². The second-order valence-electron chi connectivity index (χ2n) is 9.10. The van der Waals surface area contributed by atoms with Crippen molar-refractivity contribution >= 4 is 39.6 Å². The van der Waals surface area contributed by atoms with Crippen LogP contribution in [0.3, 0.4) is 0 Å². The third kappa shape index (κ3) is 5.19. The molecule has 0 spiro atoms. The van der Waals surface area contributed by atoms with Gasteiger partial charge in [-0.1, -0.05) is 67.6 Å². The van der Waals surface area contributed by atoms with E-state index < -0.39 is 5.60 Å². The van der Waals surface area contributed by atoms with Crippen molar-refractivity contribution in [1.29, 1.82) is 0 Å². The van der Waals surface area contributed by atoms with Crippen molar-refractivity contribution in [3.05, 3.63) is 87.8 Å². The summed E-state index contributed by atoms with van der Waals surface area (Å²) < 4.78 is 5.33. The number of nitrogens with zero attached hydrogens (tertiary/aromatic N) is 1. The number of esters is 1. The average Bonchev–Trinajstić information content (AvgIpc) is 3.23. The van der Waals surface area contributed by atoms with Gasteiger partial charge in [-0.15, -0.1) is 11.3 Å². The summed E-state index contributed by atoms with van der Waals surface area (Å²) >= 11 is 7.33. The maximum Gasteiger partial charge on any atom is 0.341 e. The standard InChI is InChI=1S/C29H34N2O3S2/c1-4-24-20(3)36-26(25(24)27(32)34-5-2)30-28(35)31-18-16-23(17-19-31)29(33,21-12-8-6-9-13-21)22-14-10-7-11-15-22/h6-15,23,33H,4-5,16-19H2,1-3H3,(H,30,35). The molecule has 2 heterocycles. The quantitative estimate of drug-likeness (QED) is 0.287. The predicted molar refractivity (Wildman–Crippen MR) is 151 cm³/mol. The molecule has 4 rings (SSSR count). The zero-order valence-electron chi connectivity index (χ0n) is 21.1. The number of rotatable bonds is 7. The third-order valence-corrected chi connectivity index (χ3v) is 8.49. The predicted octanol–water partition coefficient (Wildman–Crippen LogP) is 6.14. The topological polar surface area (TPSA) is 61.8 Å². The van der Waals surface area contributed by atoms with Gasteiger partial charge < -0.3 is 20.1 Å². The minimum absolute atomic E-state index is 0.0483. The summed E-state index contributed by atoms with van der Waals surface area (Å²) in [5, 5.41) is 16.8. The number of carbonyl (C=O) groups is 1. The highest BCUT2D eigenvalue weighted by Crippen LogP contribution is 2.42. The van der Waals surface area contributed by atoms with E-state index in [4.69, 9.17) is 17.0 Å². The summed E-state index contributed by atoms with van der Waals surface area (Å²) in [5.74, 6) is -0.259. The molecule has 0 radical (unpaired) electrons. The zero-order chi connectivity index (χ0) is 25.7. The van der Waals surface area contributed by atoms with Crippen molar-refractivity contribution in [2.45, 2.75) is 45.6 Å². The summed E-state index contributed by atoms with van der Waals surface area (Å²) in [6, 6.07) is 19.9. The largest absolute Gasteiger partial charge is 0.462 e. The van der Waals surface area contributed by atoms with Crippen molar-refractivity contribution in [1.82, 2.24) is 4.90 Å². The van der Waals surface area contributed by atoms with Gasteiger partial charge in [0.1, 0.15) is 10.6 Å². The molecule has 1 saturated heterocycles. The van der Waals surface area contributed by atoms with Crippen LogP contribution in [0.1, 0.15) is 58.6 Å². The molecule has 1 aliphatic rings. The molecular weight excluding hydrogens is 488 g/mol. The van der Waals surface area contributed by atoms with Gasteiger partial charge in [0, 0.05) is 18.0 Å². The van der Waals surface area contributed by atoms with Crippen LogP contribution in [0.25, 0.3) is 0 Å². The highest BCUT2D eigenvalue weighted by Gasteiger charge is 2.41. The number of hydrogen-bond acceptors (Lipinski definition) is 5. The van der Waals surface area contributed by atoms with Gasteiger partial charge >= 0.3 is 5.97 Å². The van der Waals surface area contributed by atoms with Crippen molar-refractivity contribution < 1.29 is 14.6 Å². The number of nitrogens with one attached hydrogen (secondary N) is 1. The van der Waals surface area contributed by atoms with E-state index in [1.165, 1.54) is 0 Å². The fourth-order valence-electron chi connectivity index (χ4n) is 5.21. The van der Waals surface area contributed by atoms with Crippen molar-refractivity contribution in [3.8, 4) is 0 Å². The molecule has 3 aromatic rings. The van der Waals surface area contributed by atoms with Gasteiger partial charge in [0.2, 0.25) is 0 Å². The minimum Gasteiger partial charge on any atom is -0.462 e. The number of anilines is 1. The normalized spacial score (nSPS) is 14.5. The minimum atomic E-state index is -1.07. The smallest absolute Gasteiger partial charge is 0.341 e. The molecule has 1 aromatic heterocycles. The number of benzene rings is 2. The summed E-state index contributed by atoms with van der Waals surface area (Å²) in [7, 11) is 0. The number of hydrogen-bond donors (Lipinski definition) is 2. The molecule has 5 nitrogen and oxygen atoms in total. The van der Waals surface area contributed by atoms with Gasteiger partial charge in [0.25, 0.3) is 0 Å². The van der Waals surface area contributed by atoms with Gasteiger partial charge in [-0.05, 0) is 67.9 Å². The fourth-order valence-corrected chi connectivity index (χ4v) is 6.69. The number of likely N-dealkylation sites (tertiary alicyclic amines) is 1. The Labute approximate surface area is 223 Å². The molecule has 1 fully saturated rings. The molecule has 2 aromatic carbocycles. The Bertz CT molecular complexity index is 1150. The summed E-state index contributed by atoms with van der Waals surface area (Å²) in [6.45, 7) is 7.67. The van der Waals surface area contributed by atoms with Gasteiger partial charge in [-0.3, -0.25) is 0 Å². The van der Waals surface area contributed by atoms with E-state index >= 15 is 0 Å². The molecule has 0 unspecified atom stereocenters. The van der Waals surface area contributed by atoms with Crippen LogP contribution in [0.5, 0.6) is 0 Å². The molecule has 1 aliphatic heterocycles. The van der Waals surface area contributed by atoms with E-state index in [0.29, 0.717) is 17.3 Å². The summed E-state index contributed by atoms with van der Waals surface area (Å²) in [6.07, 6.45) is 2.33. The highest BCUT2D eigenvalue weighted by molar-refractivity contribution is 7.80. The van der Waals surface area contributed by atoms with Crippen LogP contribution in [0.4, 0.5) is 5.00 Å². The van der Waals surface area contributed by atoms with Crippen LogP contribution in [-0.4, -0.2) is 40.8 Å². The third-order valence-electron chi connectivity index (χ3n) is 7.06. The Hall–Kier alpha value is -2.74. The van der Waals surface area contributed by atoms with E-state index in [1.807, 2.05) is 81.4 Å². The monoisotopic (exact) mass is 522 g/mol.